The smallest absolute Gasteiger partial charge is 0.335 e. The van der Waals surface area contributed by atoms with Gasteiger partial charge in [0.15, 0.2) is 0 Å². The highest BCUT2D eigenvalue weighted by molar-refractivity contribution is 6.44. The van der Waals surface area contributed by atoms with Crippen molar-refractivity contribution in [2.75, 3.05) is 5.32 Å². The van der Waals surface area contributed by atoms with E-state index in [1.165, 1.54) is 12.1 Å². The highest BCUT2D eigenvalue weighted by Crippen LogP contribution is 2.34. The molecule has 5 rings (SSSR count). The average Bonchev–Trinajstić information content (AvgIpc) is 2.96. The van der Waals surface area contributed by atoms with E-state index in [1.54, 1.807) is 42.6 Å². The minimum atomic E-state index is -0.988. The van der Waals surface area contributed by atoms with Crippen LogP contribution < -0.4 is 10.8 Å². The van der Waals surface area contributed by atoms with Gasteiger partial charge in [-0.3, -0.25) is 4.99 Å². The van der Waals surface area contributed by atoms with Crippen LogP contribution in [0, 0.1) is 0 Å². The summed E-state index contributed by atoms with van der Waals surface area (Å²) in [6, 6.07) is 17.2. The lowest BCUT2D eigenvalue weighted by Gasteiger charge is -2.15. The van der Waals surface area contributed by atoms with Crippen LogP contribution in [0.25, 0.3) is 11.3 Å². The molecule has 2 N–H and O–H groups in total. The van der Waals surface area contributed by atoms with E-state index in [9.17, 15) is 4.79 Å². The molecule has 1 aliphatic rings. The van der Waals surface area contributed by atoms with E-state index in [1.807, 2.05) is 12.1 Å². The Labute approximate surface area is 206 Å². The predicted octanol–water partition coefficient (Wildman–Crippen LogP) is 5.04. The van der Waals surface area contributed by atoms with E-state index in [0.29, 0.717) is 50.7 Å². The largest absolute Gasteiger partial charge is 0.478 e. The van der Waals surface area contributed by atoms with Crippen LogP contribution in [0.2, 0.25) is 10.0 Å². The van der Waals surface area contributed by atoms with Crippen LogP contribution in [0.1, 0.15) is 27.0 Å². The first-order chi connectivity index (χ1) is 16.4. The fraction of sp³-hybridized carbons (Fsp3) is 0.0400. The molecule has 0 unspecified atom stereocenters. The van der Waals surface area contributed by atoms with Gasteiger partial charge in [0.25, 0.3) is 0 Å². The number of aromatic nitrogens is 2. The molecule has 9 heteroatoms. The fourth-order valence-corrected chi connectivity index (χ4v) is 4.26. The van der Waals surface area contributed by atoms with Gasteiger partial charge in [-0.2, -0.15) is 0 Å². The van der Waals surface area contributed by atoms with Crippen molar-refractivity contribution in [1.82, 2.24) is 9.97 Å². The van der Waals surface area contributed by atoms with Crippen molar-refractivity contribution in [1.29, 1.82) is 0 Å². The molecular weight excluding hydrogens is 470 g/mol. The molecule has 0 amide bonds. The van der Waals surface area contributed by atoms with E-state index in [2.05, 4.69) is 10.3 Å². The lowest BCUT2D eigenvalue weighted by atomic mass is 9.85. The molecule has 0 atom stereocenters. The van der Waals surface area contributed by atoms with Gasteiger partial charge in [0.05, 0.1) is 23.5 Å². The number of carboxylic acids is 1. The number of hydrogen-bond donors (Lipinski definition) is 2. The number of nitrogens with zero attached hydrogens (tertiary/aromatic N) is 3. The molecule has 2 heterocycles. The zero-order chi connectivity index (χ0) is 23.8. The molecule has 34 heavy (non-hydrogen) atoms. The summed E-state index contributed by atoms with van der Waals surface area (Å²) in [4.78, 5) is 25.1. The molecule has 1 aliphatic heterocycles. The molecule has 0 fully saturated rings. The summed E-state index contributed by atoms with van der Waals surface area (Å²) in [6.07, 6.45) is 1.72. The number of carboxylic acid groups (broad SMARTS) is 1. The van der Waals surface area contributed by atoms with Crippen molar-refractivity contribution >= 4 is 59.8 Å². The van der Waals surface area contributed by atoms with Crippen molar-refractivity contribution in [3.8, 4) is 11.3 Å². The van der Waals surface area contributed by atoms with Crippen LogP contribution in [-0.4, -0.2) is 34.6 Å². The standard InChI is InChI=1S/C25H15BCl2N4O2/c26-19-2-1-3-20(28)21(19)23-18-10-15(27)6-9-17(18)22-14(11-29-23)12-30-25(32-22)31-16-7-4-13(5-8-16)24(33)34/h1-10,12H,11H2,(H,33,34)(H,30,31,32). The normalized spacial score (nSPS) is 12.2. The lowest BCUT2D eigenvalue weighted by Crippen LogP contribution is -2.18. The lowest BCUT2D eigenvalue weighted by molar-refractivity contribution is 0.0697. The predicted molar refractivity (Wildman–Crippen MR) is 135 cm³/mol. The number of hydrogen-bond acceptors (Lipinski definition) is 5. The Hall–Kier alpha value is -3.68. The number of benzene rings is 3. The summed E-state index contributed by atoms with van der Waals surface area (Å²) in [7, 11) is 6.27. The van der Waals surface area contributed by atoms with Gasteiger partial charge in [-0.25, -0.2) is 14.8 Å². The van der Waals surface area contributed by atoms with Gasteiger partial charge in [-0.1, -0.05) is 46.9 Å². The second kappa shape index (κ2) is 8.93. The van der Waals surface area contributed by atoms with Gasteiger partial charge in [0.2, 0.25) is 5.95 Å². The maximum atomic E-state index is 11.1. The first-order valence-corrected chi connectivity index (χ1v) is 11.0. The Morgan fingerprint density at radius 1 is 1.03 bits per heavy atom. The minimum absolute atomic E-state index is 0.197. The second-order valence-electron chi connectivity index (χ2n) is 7.63. The number of halogens is 2. The first-order valence-electron chi connectivity index (χ1n) is 10.3. The number of anilines is 2. The van der Waals surface area contributed by atoms with E-state index in [4.69, 9.17) is 46.1 Å². The highest BCUT2D eigenvalue weighted by atomic mass is 35.5. The second-order valence-corrected chi connectivity index (χ2v) is 8.48. The highest BCUT2D eigenvalue weighted by Gasteiger charge is 2.23. The molecular formula is C25H15BCl2N4O2. The molecule has 1 aromatic heterocycles. The summed E-state index contributed by atoms with van der Waals surface area (Å²) >= 11 is 12.9. The van der Waals surface area contributed by atoms with Crippen LogP contribution in [0.5, 0.6) is 0 Å². The first kappa shape index (κ1) is 22.1. The molecule has 2 radical (unpaired) electrons. The van der Waals surface area contributed by atoms with Gasteiger partial charge in [0.1, 0.15) is 7.85 Å². The van der Waals surface area contributed by atoms with Crippen molar-refractivity contribution in [2.24, 2.45) is 4.99 Å². The third-order valence-electron chi connectivity index (χ3n) is 5.43. The van der Waals surface area contributed by atoms with Gasteiger partial charge in [-0.05, 0) is 42.5 Å². The maximum absolute atomic E-state index is 11.1. The summed E-state index contributed by atoms with van der Waals surface area (Å²) in [5.41, 5.74) is 5.78. The van der Waals surface area contributed by atoms with Gasteiger partial charge >= 0.3 is 5.97 Å². The average molecular weight is 485 g/mol. The van der Waals surface area contributed by atoms with Crippen LogP contribution in [0.15, 0.2) is 71.9 Å². The van der Waals surface area contributed by atoms with Crippen LogP contribution in [0.4, 0.5) is 11.6 Å². The Morgan fingerprint density at radius 3 is 2.56 bits per heavy atom. The molecule has 0 bridgehead atoms. The van der Waals surface area contributed by atoms with Crippen LogP contribution in [0.3, 0.4) is 0 Å². The number of aliphatic imine (C=N–C) groups is 1. The Bertz CT molecular complexity index is 1450. The maximum Gasteiger partial charge on any atom is 0.335 e. The van der Waals surface area contributed by atoms with Crippen LogP contribution >= 0.6 is 23.2 Å². The molecule has 6 nitrogen and oxygen atoms in total. The molecule has 3 aromatic carbocycles. The number of carbonyl (C=O) groups is 1. The number of rotatable bonds is 4. The summed E-state index contributed by atoms with van der Waals surface area (Å²) < 4.78 is 0. The Morgan fingerprint density at radius 2 is 1.82 bits per heavy atom. The third kappa shape index (κ3) is 4.16. The van der Waals surface area contributed by atoms with E-state index >= 15 is 0 Å². The summed E-state index contributed by atoms with van der Waals surface area (Å²) in [5, 5.41) is 13.3. The third-order valence-corrected chi connectivity index (χ3v) is 5.98. The van der Waals surface area contributed by atoms with E-state index in [0.717, 1.165) is 16.7 Å². The monoisotopic (exact) mass is 484 g/mol. The van der Waals surface area contributed by atoms with E-state index in [-0.39, 0.29) is 5.56 Å². The Balaban J connectivity index is 1.59. The molecule has 0 saturated heterocycles. The van der Waals surface area contributed by atoms with Crippen molar-refractivity contribution in [2.45, 2.75) is 6.54 Å². The van der Waals surface area contributed by atoms with Gasteiger partial charge < -0.3 is 10.4 Å². The van der Waals surface area contributed by atoms with Crippen molar-refractivity contribution in [3.05, 3.63) is 99.2 Å². The topological polar surface area (TPSA) is 87.5 Å². The number of nitrogens with one attached hydrogen (secondary N) is 1. The molecule has 0 saturated carbocycles. The SMILES string of the molecule is [B]c1cccc(Cl)c1C1=NCc2cnc(Nc3ccc(C(=O)O)cc3)nc2-c2ccc(Cl)cc21. The quantitative estimate of drug-likeness (QED) is 0.396. The van der Waals surface area contributed by atoms with Crippen molar-refractivity contribution in [3.63, 3.8) is 0 Å². The molecule has 0 spiro atoms. The zero-order valence-electron chi connectivity index (χ0n) is 17.6. The zero-order valence-corrected chi connectivity index (χ0v) is 19.1. The van der Waals surface area contributed by atoms with Gasteiger partial charge in [0, 0.05) is 44.2 Å². The number of aromatic carboxylic acids is 1. The fourth-order valence-electron chi connectivity index (χ4n) is 3.81. The molecule has 0 aliphatic carbocycles. The molecule has 164 valence electrons. The summed E-state index contributed by atoms with van der Waals surface area (Å²) in [5.74, 6) is -0.624. The molecule has 4 aromatic rings. The minimum Gasteiger partial charge on any atom is -0.478 e. The number of fused-ring (bicyclic) bond motifs is 3. The van der Waals surface area contributed by atoms with Gasteiger partial charge in [-0.15, -0.1) is 0 Å². The van der Waals surface area contributed by atoms with Crippen LogP contribution in [-0.2, 0) is 6.54 Å². The van der Waals surface area contributed by atoms with E-state index < -0.39 is 5.97 Å². The Kier molecular flexibility index (Phi) is 5.81. The van der Waals surface area contributed by atoms with Crippen molar-refractivity contribution < 1.29 is 9.90 Å². The summed E-state index contributed by atoms with van der Waals surface area (Å²) in [6.45, 7) is 0.329.